The van der Waals surface area contributed by atoms with Crippen LogP contribution in [0.5, 0.6) is 0 Å². The number of alkyl halides is 3. The van der Waals surface area contributed by atoms with E-state index < -0.39 is 11.7 Å². The van der Waals surface area contributed by atoms with Crippen LogP contribution in [0.3, 0.4) is 0 Å². The SMILES string of the molecule is O=c1[nH]c2cc(C(F)(F)F)ccc2n1C1CCN(C2(c3ccccc3)CCCCCC2)CC1. The van der Waals surface area contributed by atoms with Crippen LogP contribution in [0.4, 0.5) is 13.2 Å². The third-order valence-corrected chi connectivity index (χ3v) is 7.72. The van der Waals surface area contributed by atoms with Gasteiger partial charge in [-0.1, -0.05) is 56.0 Å². The van der Waals surface area contributed by atoms with Crippen molar-refractivity contribution in [1.29, 1.82) is 0 Å². The third kappa shape index (κ3) is 4.12. The van der Waals surface area contributed by atoms with E-state index in [-0.39, 0.29) is 22.8 Å². The minimum atomic E-state index is -4.43. The van der Waals surface area contributed by atoms with Gasteiger partial charge in [-0.3, -0.25) is 9.47 Å². The van der Waals surface area contributed by atoms with E-state index >= 15 is 0 Å². The first-order valence-electron chi connectivity index (χ1n) is 12.0. The third-order valence-electron chi connectivity index (χ3n) is 7.72. The molecule has 2 fully saturated rings. The average molecular weight is 458 g/mol. The van der Waals surface area contributed by atoms with Gasteiger partial charge < -0.3 is 4.98 Å². The van der Waals surface area contributed by atoms with E-state index in [1.54, 1.807) is 4.57 Å². The Hall–Kier alpha value is -2.54. The summed E-state index contributed by atoms with van der Waals surface area (Å²) in [4.78, 5) is 18.0. The summed E-state index contributed by atoms with van der Waals surface area (Å²) in [5.41, 5.74) is 1.16. The van der Waals surface area contributed by atoms with Crippen molar-refractivity contribution in [3.63, 3.8) is 0 Å². The number of nitrogens with one attached hydrogen (secondary N) is 1. The predicted molar refractivity (Wildman–Crippen MR) is 123 cm³/mol. The lowest BCUT2D eigenvalue weighted by molar-refractivity contribution is -0.137. The number of hydrogen-bond acceptors (Lipinski definition) is 2. The van der Waals surface area contributed by atoms with E-state index in [4.69, 9.17) is 0 Å². The van der Waals surface area contributed by atoms with Crippen LogP contribution in [-0.4, -0.2) is 27.5 Å². The second-order valence-electron chi connectivity index (χ2n) is 9.56. The fourth-order valence-corrected chi connectivity index (χ4v) is 6.07. The molecule has 0 spiro atoms. The first-order valence-corrected chi connectivity index (χ1v) is 12.0. The second kappa shape index (κ2) is 8.67. The van der Waals surface area contributed by atoms with Crippen LogP contribution >= 0.6 is 0 Å². The van der Waals surface area contributed by atoms with Gasteiger partial charge in [0.25, 0.3) is 0 Å². The Balaban J connectivity index is 1.41. The first kappa shape index (κ1) is 22.3. The average Bonchev–Trinajstić information content (AvgIpc) is 2.97. The molecule has 176 valence electrons. The largest absolute Gasteiger partial charge is 0.416 e. The molecule has 1 aliphatic heterocycles. The van der Waals surface area contributed by atoms with Crippen LogP contribution in [0, 0.1) is 0 Å². The van der Waals surface area contributed by atoms with Gasteiger partial charge in [0.15, 0.2) is 0 Å². The molecule has 2 aliphatic rings. The molecule has 7 heteroatoms. The molecule has 1 aliphatic carbocycles. The van der Waals surface area contributed by atoms with Gasteiger partial charge in [-0.15, -0.1) is 0 Å². The summed E-state index contributed by atoms with van der Waals surface area (Å²) in [7, 11) is 0. The molecule has 5 rings (SSSR count). The van der Waals surface area contributed by atoms with Crippen LogP contribution in [0.2, 0.25) is 0 Å². The molecule has 1 aromatic heterocycles. The molecule has 0 amide bonds. The Morgan fingerprint density at radius 2 is 1.58 bits per heavy atom. The number of piperidine rings is 1. The molecular weight excluding hydrogens is 427 g/mol. The molecule has 4 nitrogen and oxygen atoms in total. The molecule has 1 N–H and O–H groups in total. The van der Waals surface area contributed by atoms with Crippen molar-refractivity contribution < 1.29 is 13.2 Å². The van der Waals surface area contributed by atoms with Crippen LogP contribution in [-0.2, 0) is 11.7 Å². The van der Waals surface area contributed by atoms with Gasteiger partial charge in [0.1, 0.15) is 0 Å². The van der Waals surface area contributed by atoms with Crippen molar-refractivity contribution in [3.05, 3.63) is 70.1 Å². The Bertz CT molecular complexity index is 1150. The molecule has 0 unspecified atom stereocenters. The van der Waals surface area contributed by atoms with Crippen molar-refractivity contribution in [3.8, 4) is 0 Å². The van der Waals surface area contributed by atoms with E-state index in [0.29, 0.717) is 5.52 Å². The zero-order valence-corrected chi connectivity index (χ0v) is 18.7. The maximum Gasteiger partial charge on any atom is 0.416 e. The van der Waals surface area contributed by atoms with Crippen molar-refractivity contribution in [2.75, 3.05) is 13.1 Å². The van der Waals surface area contributed by atoms with Crippen LogP contribution in [0.25, 0.3) is 11.0 Å². The standard InChI is InChI=1S/C26H30F3N3O/c27-26(28,29)20-10-11-23-22(18-20)30-24(33)32(23)21-12-16-31(17-13-21)25(14-6-1-2-7-15-25)19-8-4-3-5-9-19/h3-5,8-11,18,21H,1-2,6-7,12-17H2,(H,30,33). The van der Waals surface area contributed by atoms with Crippen molar-refractivity contribution >= 4 is 11.0 Å². The molecule has 0 bridgehead atoms. The van der Waals surface area contributed by atoms with E-state index in [1.165, 1.54) is 37.3 Å². The topological polar surface area (TPSA) is 41.0 Å². The zero-order chi connectivity index (χ0) is 23.1. The number of aromatic amines is 1. The highest BCUT2D eigenvalue weighted by Crippen LogP contribution is 2.43. The number of nitrogens with zero attached hydrogens (tertiary/aromatic N) is 2. The number of likely N-dealkylation sites (tertiary alicyclic amines) is 1. The second-order valence-corrected chi connectivity index (χ2v) is 9.56. The minimum Gasteiger partial charge on any atom is -0.306 e. The fraction of sp³-hybridized carbons (Fsp3) is 0.500. The molecule has 1 saturated heterocycles. The number of benzene rings is 2. The summed E-state index contributed by atoms with van der Waals surface area (Å²) >= 11 is 0. The number of imidazole rings is 1. The monoisotopic (exact) mass is 457 g/mol. The maximum atomic E-state index is 13.1. The number of halogens is 3. The maximum absolute atomic E-state index is 13.1. The van der Waals surface area contributed by atoms with Gasteiger partial charge in [-0.05, 0) is 49.4 Å². The van der Waals surface area contributed by atoms with Gasteiger partial charge in [0, 0.05) is 24.7 Å². The molecule has 3 aromatic rings. The van der Waals surface area contributed by atoms with E-state index in [0.717, 1.165) is 50.9 Å². The van der Waals surface area contributed by atoms with Gasteiger partial charge in [-0.25, -0.2) is 4.79 Å². The summed E-state index contributed by atoms with van der Waals surface area (Å²) < 4.78 is 41.0. The van der Waals surface area contributed by atoms with Gasteiger partial charge in [0.2, 0.25) is 0 Å². The summed E-state index contributed by atoms with van der Waals surface area (Å²) in [5.74, 6) is 0. The van der Waals surface area contributed by atoms with Crippen LogP contribution < -0.4 is 5.69 Å². The Morgan fingerprint density at radius 1 is 0.909 bits per heavy atom. The first-order chi connectivity index (χ1) is 15.9. The molecule has 2 heterocycles. The molecule has 33 heavy (non-hydrogen) atoms. The lowest BCUT2D eigenvalue weighted by Crippen LogP contribution is -2.50. The van der Waals surface area contributed by atoms with Gasteiger partial charge >= 0.3 is 11.9 Å². The van der Waals surface area contributed by atoms with Gasteiger partial charge in [0.05, 0.1) is 16.6 Å². The number of H-pyrrole nitrogens is 1. The van der Waals surface area contributed by atoms with Crippen molar-refractivity contribution in [2.45, 2.75) is 69.1 Å². The van der Waals surface area contributed by atoms with E-state index in [9.17, 15) is 18.0 Å². The minimum absolute atomic E-state index is 0.0159. The Morgan fingerprint density at radius 3 is 2.21 bits per heavy atom. The van der Waals surface area contributed by atoms with Gasteiger partial charge in [-0.2, -0.15) is 13.2 Å². The predicted octanol–water partition coefficient (Wildman–Crippen LogP) is 6.24. The number of rotatable bonds is 3. The van der Waals surface area contributed by atoms with E-state index in [2.05, 4.69) is 40.2 Å². The quantitative estimate of drug-likeness (QED) is 0.474. The highest BCUT2D eigenvalue weighted by molar-refractivity contribution is 5.76. The smallest absolute Gasteiger partial charge is 0.306 e. The Labute approximate surface area is 191 Å². The highest BCUT2D eigenvalue weighted by atomic mass is 19.4. The molecule has 1 saturated carbocycles. The van der Waals surface area contributed by atoms with Crippen LogP contribution in [0.1, 0.15) is 68.5 Å². The lowest BCUT2D eigenvalue weighted by Gasteiger charge is -2.47. The summed E-state index contributed by atoms with van der Waals surface area (Å²) in [5, 5.41) is 0. The summed E-state index contributed by atoms with van der Waals surface area (Å²) in [6.07, 6.45) is 4.47. The van der Waals surface area contributed by atoms with Crippen LogP contribution in [0.15, 0.2) is 53.3 Å². The highest BCUT2D eigenvalue weighted by Gasteiger charge is 2.40. The normalized spacial score (nSPS) is 20.7. The summed E-state index contributed by atoms with van der Waals surface area (Å²) in [6, 6.07) is 14.3. The van der Waals surface area contributed by atoms with E-state index in [1.807, 2.05) is 0 Å². The van der Waals surface area contributed by atoms with Crippen molar-refractivity contribution in [1.82, 2.24) is 14.5 Å². The Kier molecular flexibility index (Phi) is 5.85. The molecule has 0 radical (unpaired) electrons. The molecular formula is C26H30F3N3O. The lowest BCUT2D eigenvalue weighted by atomic mass is 9.79. The summed E-state index contributed by atoms with van der Waals surface area (Å²) in [6.45, 7) is 1.75. The molecule has 0 atom stereocenters. The number of aromatic nitrogens is 2. The molecule has 2 aromatic carbocycles. The number of hydrogen-bond donors (Lipinski definition) is 1. The zero-order valence-electron chi connectivity index (χ0n) is 18.7. The fourth-order valence-electron chi connectivity index (χ4n) is 6.07. The van der Waals surface area contributed by atoms with Crippen molar-refractivity contribution in [2.24, 2.45) is 0 Å². The number of fused-ring (bicyclic) bond motifs is 1.